The van der Waals surface area contributed by atoms with Crippen LogP contribution in [0.5, 0.6) is 0 Å². The van der Waals surface area contributed by atoms with Crippen molar-refractivity contribution in [3.05, 3.63) is 114 Å². The van der Waals surface area contributed by atoms with E-state index < -0.39 is 40.6 Å². The molecule has 0 unspecified atom stereocenters. The van der Waals surface area contributed by atoms with Crippen LogP contribution in [0.1, 0.15) is 23.6 Å². The number of para-hydroxylation sites is 2. The first-order valence-electron chi connectivity index (χ1n) is 13.6. The number of carboxylic acid groups (broad SMARTS) is 1. The predicted octanol–water partition coefficient (Wildman–Crippen LogP) is 5.45. The quantitative estimate of drug-likeness (QED) is 0.111. The summed E-state index contributed by atoms with van der Waals surface area (Å²) in [5.74, 6) is -0.956. The highest BCUT2D eigenvalue weighted by atomic mass is 32.2. The maximum absolute atomic E-state index is 13.2. The summed E-state index contributed by atoms with van der Waals surface area (Å²) in [7, 11) is -4.14. The molecule has 0 aliphatic carbocycles. The second kappa shape index (κ2) is 13.6. The van der Waals surface area contributed by atoms with Gasteiger partial charge in [0.15, 0.2) is 0 Å². The number of urea groups is 1. The Morgan fingerprint density at radius 1 is 0.844 bits per heavy atom. The van der Waals surface area contributed by atoms with Crippen molar-refractivity contribution in [2.75, 3.05) is 15.4 Å². The molecule has 4 aromatic carbocycles. The van der Waals surface area contributed by atoms with Crippen LogP contribution < -0.4 is 20.7 Å². The maximum Gasteiger partial charge on any atom is 0.407 e. The third-order valence-electron chi connectivity index (χ3n) is 6.45. The van der Waals surface area contributed by atoms with Crippen molar-refractivity contribution in [1.29, 1.82) is 0 Å². The van der Waals surface area contributed by atoms with Crippen molar-refractivity contribution >= 4 is 56.5 Å². The summed E-state index contributed by atoms with van der Waals surface area (Å²) in [6.45, 7) is -0.0121. The lowest BCUT2D eigenvalue weighted by Gasteiger charge is -2.18. The molecule has 3 amide bonds. The average molecular weight is 629 g/mol. The van der Waals surface area contributed by atoms with Crippen molar-refractivity contribution < 1.29 is 32.6 Å². The van der Waals surface area contributed by atoms with Gasteiger partial charge in [-0.3, -0.25) is 14.8 Å². The van der Waals surface area contributed by atoms with Gasteiger partial charge in [-0.15, -0.1) is 0 Å². The van der Waals surface area contributed by atoms with Crippen LogP contribution >= 0.6 is 0 Å². The fourth-order valence-electron chi connectivity index (χ4n) is 4.39. The zero-order valence-corrected chi connectivity index (χ0v) is 24.4. The third kappa shape index (κ3) is 8.36. The van der Waals surface area contributed by atoms with Gasteiger partial charge in [0.1, 0.15) is 6.61 Å². The minimum absolute atomic E-state index is 0.0121. The average Bonchev–Trinajstić information content (AvgIpc) is 3.42. The molecule has 5 aromatic rings. The summed E-state index contributed by atoms with van der Waals surface area (Å²) in [5.41, 5.74) is 2.84. The molecule has 0 aliphatic rings. The zero-order valence-electron chi connectivity index (χ0n) is 23.6. The maximum atomic E-state index is 13.2. The Labute approximate surface area is 257 Å². The van der Waals surface area contributed by atoms with E-state index in [0.29, 0.717) is 11.1 Å². The number of carbonyl (C=O) groups is 3. The van der Waals surface area contributed by atoms with Gasteiger partial charge in [0.05, 0.1) is 28.4 Å². The van der Waals surface area contributed by atoms with Crippen LogP contribution in [-0.4, -0.2) is 41.6 Å². The zero-order chi connectivity index (χ0) is 31.8. The summed E-state index contributed by atoms with van der Waals surface area (Å²) in [6.07, 6.45) is -1.30. The number of nitrogens with zero attached hydrogens (tertiary/aromatic N) is 1. The summed E-state index contributed by atoms with van der Waals surface area (Å²) >= 11 is 0. The van der Waals surface area contributed by atoms with Crippen LogP contribution in [0.2, 0.25) is 0 Å². The Balaban J connectivity index is 1.24. The number of benzene rings is 4. The van der Waals surface area contributed by atoms with Crippen LogP contribution in [0.3, 0.4) is 0 Å². The van der Waals surface area contributed by atoms with Crippen molar-refractivity contribution in [1.82, 2.24) is 15.3 Å². The number of imidazole rings is 1. The normalized spacial score (nSPS) is 11.7. The molecule has 13 nitrogen and oxygen atoms in total. The molecular weight excluding hydrogens is 600 g/mol. The summed E-state index contributed by atoms with van der Waals surface area (Å²) in [6, 6.07) is 26.2. The van der Waals surface area contributed by atoms with Crippen molar-refractivity contribution in [2.24, 2.45) is 0 Å². The molecule has 0 bridgehead atoms. The van der Waals surface area contributed by atoms with E-state index >= 15 is 0 Å². The summed E-state index contributed by atoms with van der Waals surface area (Å²) in [5, 5.41) is 17.1. The highest BCUT2D eigenvalue weighted by Crippen LogP contribution is 2.24. The minimum atomic E-state index is -4.14. The monoisotopic (exact) mass is 628 g/mol. The number of ether oxygens (including phenoxy) is 1. The molecular formula is C31H28N6O7S. The fraction of sp³-hybridized carbons (Fsp3) is 0.0968. The van der Waals surface area contributed by atoms with Crippen LogP contribution in [-0.2, 0) is 26.2 Å². The lowest BCUT2D eigenvalue weighted by Crippen LogP contribution is -2.30. The third-order valence-corrected chi connectivity index (χ3v) is 7.83. The number of hydrogen-bond acceptors (Lipinski definition) is 7. The number of rotatable bonds is 11. The first kappa shape index (κ1) is 30.6. The topological polar surface area (TPSA) is 192 Å². The first-order valence-corrected chi connectivity index (χ1v) is 15.1. The number of hydrogen-bond donors (Lipinski definition) is 6. The van der Waals surface area contributed by atoms with E-state index in [2.05, 4.69) is 30.6 Å². The molecule has 230 valence electrons. The number of nitrogens with one attached hydrogen (secondary N) is 5. The van der Waals surface area contributed by atoms with E-state index in [1.54, 1.807) is 36.4 Å². The second-order valence-electron chi connectivity index (χ2n) is 9.80. The van der Waals surface area contributed by atoms with E-state index in [1.165, 1.54) is 42.5 Å². The largest absolute Gasteiger partial charge is 0.481 e. The number of alkyl carbamates (subject to hydrolysis) is 1. The van der Waals surface area contributed by atoms with Crippen LogP contribution in [0, 0.1) is 0 Å². The number of sulfonamides is 1. The first-order chi connectivity index (χ1) is 21.6. The molecule has 1 heterocycles. The van der Waals surface area contributed by atoms with Crippen LogP contribution in [0.25, 0.3) is 11.0 Å². The van der Waals surface area contributed by atoms with Crippen LogP contribution in [0.4, 0.5) is 26.9 Å². The van der Waals surface area contributed by atoms with Gasteiger partial charge >= 0.3 is 18.1 Å². The van der Waals surface area contributed by atoms with Gasteiger partial charge in [-0.1, -0.05) is 60.7 Å². The lowest BCUT2D eigenvalue weighted by molar-refractivity contribution is -0.137. The summed E-state index contributed by atoms with van der Waals surface area (Å²) in [4.78, 5) is 43.7. The Kier molecular flexibility index (Phi) is 9.24. The number of carboxylic acids is 1. The molecule has 1 aromatic heterocycles. The van der Waals surface area contributed by atoms with Crippen molar-refractivity contribution in [2.45, 2.75) is 24.0 Å². The second-order valence-corrected chi connectivity index (χ2v) is 11.5. The number of aromatic nitrogens is 2. The van der Waals surface area contributed by atoms with Gasteiger partial charge in [0, 0.05) is 11.4 Å². The number of carbonyl (C=O) groups excluding carboxylic acids is 2. The Morgan fingerprint density at radius 3 is 2.36 bits per heavy atom. The van der Waals surface area contributed by atoms with Gasteiger partial charge in [-0.05, 0) is 53.6 Å². The minimum Gasteiger partial charge on any atom is -0.481 e. The number of aliphatic carboxylic acids is 1. The molecule has 0 saturated carbocycles. The van der Waals surface area contributed by atoms with Gasteiger partial charge < -0.3 is 25.5 Å². The number of amides is 3. The van der Waals surface area contributed by atoms with Gasteiger partial charge in [0.2, 0.25) is 5.95 Å². The SMILES string of the molecule is O=C(O)C[C@H](NC(=O)OCc1ccccc1)c1cccc(NS(=O)(=O)c2cccc(NC(=O)Nc3nc4ccccc4[nH]3)c2)c1. The lowest BCUT2D eigenvalue weighted by atomic mass is 10.0. The van der Waals surface area contributed by atoms with Gasteiger partial charge in [-0.2, -0.15) is 0 Å². The van der Waals surface area contributed by atoms with E-state index in [4.69, 9.17) is 4.74 Å². The van der Waals surface area contributed by atoms with Gasteiger partial charge in [-0.25, -0.2) is 23.0 Å². The predicted molar refractivity (Wildman–Crippen MR) is 167 cm³/mol. The number of fused-ring (bicyclic) bond motifs is 1. The standard InChI is InChI=1S/C31H28N6O7S/c38-28(39)18-27(35-31(41)44-19-20-8-2-1-3-9-20)21-10-6-12-23(16-21)37-45(42,43)24-13-7-11-22(17-24)32-30(40)36-29-33-25-14-4-5-15-26(25)34-29/h1-17,27,37H,18-19H2,(H,35,41)(H,38,39)(H3,32,33,34,36,40)/t27-/m0/s1. The Bertz CT molecular complexity index is 1910. The molecule has 0 radical (unpaired) electrons. The van der Waals surface area contributed by atoms with Crippen molar-refractivity contribution in [3.8, 4) is 0 Å². The van der Waals surface area contributed by atoms with Gasteiger partial charge in [0.25, 0.3) is 10.0 Å². The molecule has 0 aliphatic heterocycles. The molecule has 0 fully saturated rings. The summed E-state index contributed by atoms with van der Waals surface area (Å²) < 4.78 is 34.2. The molecule has 0 spiro atoms. The molecule has 6 N–H and O–H groups in total. The smallest absolute Gasteiger partial charge is 0.407 e. The van der Waals surface area contributed by atoms with E-state index in [9.17, 15) is 27.9 Å². The van der Waals surface area contributed by atoms with Crippen LogP contribution in [0.15, 0.2) is 108 Å². The number of anilines is 3. The van der Waals surface area contributed by atoms with Crippen molar-refractivity contribution in [3.63, 3.8) is 0 Å². The van der Waals surface area contributed by atoms with E-state index in [1.807, 2.05) is 24.3 Å². The molecule has 1 atom stereocenters. The highest BCUT2D eigenvalue weighted by Gasteiger charge is 2.21. The Hall–Kier alpha value is -5.89. The Morgan fingerprint density at radius 2 is 1.58 bits per heavy atom. The molecule has 45 heavy (non-hydrogen) atoms. The van der Waals surface area contributed by atoms with E-state index in [0.717, 1.165) is 11.1 Å². The molecule has 14 heteroatoms. The highest BCUT2D eigenvalue weighted by molar-refractivity contribution is 7.92. The number of H-pyrrole nitrogens is 1. The number of aromatic amines is 1. The fourth-order valence-corrected chi connectivity index (χ4v) is 5.48. The molecule has 5 rings (SSSR count). The van der Waals surface area contributed by atoms with E-state index in [-0.39, 0.29) is 28.8 Å². The molecule has 0 saturated heterocycles.